The molecule has 2 aromatic heterocycles. The maximum atomic E-state index is 14.7. The molecule has 0 aliphatic carbocycles. The second kappa shape index (κ2) is 10.6. The van der Waals surface area contributed by atoms with Gasteiger partial charge in [0.25, 0.3) is 5.91 Å². The molecule has 194 valence electrons. The number of aromatic nitrogens is 5. The molecule has 8 nitrogen and oxygen atoms in total. The van der Waals surface area contributed by atoms with E-state index in [1.165, 1.54) is 34.3 Å². The quantitative estimate of drug-likeness (QED) is 0.381. The van der Waals surface area contributed by atoms with E-state index in [2.05, 4.69) is 33.9 Å². The van der Waals surface area contributed by atoms with Gasteiger partial charge in [-0.05, 0) is 43.2 Å². The van der Waals surface area contributed by atoms with Gasteiger partial charge < -0.3 is 10.0 Å². The lowest BCUT2D eigenvalue weighted by Crippen LogP contribution is -2.50. The Morgan fingerprint density at radius 3 is 2.50 bits per heavy atom. The number of benzene rings is 2. The molecule has 0 bridgehead atoms. The first-order valence-corrected chi connectivity index (χ1v) is 12.3. The first-order valence-electron chi connectivity index (χ1n) is 12.3. The zero-order valence-corrected chi connectivity index (χ0v) is 20.8. The van der Waals surface area contributed by atoms with E-state index >= 15 is 0 Å². The third kappa shape index (κ3) is 5.33. The number of hydrogen-bond donors (Lipinski definition) is 1. The Morgan fingerprint density at radius 2 is 1.84 bits per heavy atom. The van der Waals surface area contributed by atoms with Gasteiger partial charge in [-0.1, -0.05) is 24.8 Å². The first kappa shape index (κ1) is 25.3. The van der Waals surface area contributed by atoms with Crippen molar-refractivity contribution in [1.82, 2.24) is 29.4 Å². The fraction of sp³-hybridized carbons (Fsp3) is 0.286. The Kier molecular flexibility index (Phi) is 7.03. The van der Waals surface area contributed by atoms with Crippen LogP contribution in [-0.2, 0) is 18.7 Å². The highest BCUT2D eigenvalue weighted by atomic mass is 19.1. The Labute approximate surface area is 218 Å². The van der Waals surface area contributed by atoms with Gasteiger partial charge in [-0.15, -0.1) is 0 Å². The SMILES string of the molecule is CCC1CCN1C(=O)c1ccc(C#Cc2cnn(CC(O)(Cn3cncn3)c3ccc(F)cc3F)c2)cc1. The third-order valence-electron chi connectivity index (χ3n) is 6.74. The molecular formula is C28H26F2N6O2. The van der Waals surface area contributed by atoms with Crippen LogP contribution in [0.3, 0.4) is 0 Å². The average Bonchev–Trinajstić information content (AvgIpc) is 3.54. The Morgan fingerprint density at radius 1 is 1.08 bits per heavy atom. The molecule has 2 aromatic carbocycles. The van der Waals surface area contributed by atoms with Gasteiger partial charge in [0.2, 0.25) is 0 Å². The lowest BCUT2D eigenvalue weighted by Gasteiger charge is -2.40. The number of likely N-dealkylation sites (tertiary alicyclic amines) is 1. The summed E-state index contributed by atoms with van der Waals surface area (Å²) < 4.78 is 31.0. The fourth-order valence-electron chi connectivity index (χ4n) is 4.59. The van der Waals surface area contributed by atoms with Crippen LogP contribution in [0.15, 0.2) is 67.5 Å². The van der Waals surface area contributed by atoms with E-state index in [0.29, 0.717) is 17.2 Å². The lowest BCUT2D eigenvalue weighted by molar-refractivity contribution is -0.00847. The predicted octanol–water partition coefficient (Wildman–Crippen LogP) is 3.37. The highest BCUT2D eigenvalue weighted by Gasteiger charge is 2.34. The highest BCUT2D eigenvalue weighted by molar-refractivity contribution is 5.95. The molecule has 1 N–H and O–H groups in total. The van der Waals surface area contributed by atoms with Crippen LogP contribution in [0, 0.1) is 23.5 Å². The van der Waals surface area contributed by atoms with Crippen LogP contribution in [-0.4, -0.2) is 53.0 Å². The van der Waals surface area contributed by atoms with Crippen molar-refractivity contribution in [2.75, 3.05) is 6.54 Å². The molecule has 10 heteroatoms. The number of hydrogen-bond acceptors (Lipinski definition) is 5. The van der Waals surface area contributed by atoms with Gasteiger partial charge in [0, 0.05) is 41.5 Å². The van der Waals surface area contributed by atoms with Crippen LogP contribution >= 0.6 is 0 Å². The highest BCUT2D eigenvalue weighted by Crippen LogP contribution is 2.28. The van der Waals surface area contributed by atoms with Gasteiger partial charge in [-0.25, -0.2) is 18.4 Å². The summed E-state index contributed by atoms with van der Waals surface area (Å²) >= 11 is 0. The third-order valence-corrected chi connectivity index (χ3v) is 6.74. The summed E-state index contributed by atoms with van der Waals surface area (Å²) in [6, 6.07) is 10.5. The van der Waals surface area contributed by atoms with E-state index in [-0.39, 0.29) is 24.6 Å². The summed E-state index contributed by atoms with van der Waals surface area (Å²) in [7, 11) is 0. The van der Waals surface area contributed by atoms with Crippen LogP contribution in [0.2, 0.25) is 0 Å². The van der Waals surface area contributed by atoms with Crippen LogP contribution in [0.1, 0.15) is 46.8 Å². The standard InChI is InChI=1S/C28H26F2N6O2/c1-2-24-11-12-36(24)27(37)22-7-5-20(6-8-22)3-4-21-14-32-34(15-21)16-28(38,17-35-19-31-18-33-35)25-10-9-23(29)13-26(25)30/h5-10,13-15,18-19,24,38H,2,11-12,16-17H2,1H3. The minimum atomic E-state index is -1.79. The molecule has 5 rings (SSSR count). The number of carbonyl (C=O) groups excluding carboxylic acids is 1. The molecule has 1 amide bonds. The number of halogens is 2. The Bertz CT molecular complexity index is 1490. The molecule has 3 heterocycles. The second-order valence-corrected chi connectivity index (χ2v) is 9.35. The van der Waals surface area contributed by atoms with Crippen molar-refractivity contribution < 1.29 is 18.7 Å². The van der Waals surface area contributed by atoms with E-state index < -0.39 is 17.2 Å². The van der Waals surface area contributed by atoms with E-state index in [1.54, 1.807) is 30.5 Å². The minimum Gasteiger partial charge on any atom is -0.381 e. The lowest BCUT2D eigenvalue weighted by atomic mass is 9.93. The number of aliphatic hydroxyl groups is 1. The first-order chi connectivity index (χ1) is 18.3. The van der Waals surface area contributed by atoms with Crippen LogP contribution < -0.4 is 0 Å². The average molecular weight is 517 g/mol. The number of carbonyl (C=O) groups is 1. The smallest absolute Gasteiger partial charge is 0.254 e. The number of amides is 1. The van der Waals surface area contributed by atoms with Crippen molar-refractivity contribution in [3.05, 3.63) is 101 Å². The number of nitrogens with zero attached hydrogens (tertiary/aromatic N) is 6. The molecule has 0 saturated carbocycles. The molecule has 38 heavy (non-hydrogen) atoms. The van der Waals surface area contributed by atoms with E-state index in [1.807, 2.05) is 4.90 Å². The molecule has 1 fully saturated rings. The monoisotopic (exact) mass is 516 g/mol. The number of rotatable bonds is 7. The van der Waals surface area contributed by atoms with Crippen molar-refractivity contribution in [2.45, 2.75) is 44.5 Å². The van der Waals surface area contributed by atoms with Gasteiger partial charge in [-0.2, -0.15) is 10.2 Å². The largest absolute Gasteiger partial charge is 0.381 e. The molecular weight excluding hydrogens is 490 g/mol. The molecule has 2 atom stereocenters. The molecule has 2 unspecified atom stereocenters. The summed E-state index contributed by atoms with van der Waals surface area (Å²) in [5.74, 6) is 4.49. The summed E-state index contributed by atoms with van der Waals surface area (Å²) in [4.78, 5) is 18.4. The Hall–Kier alpha value is -4.36. The van der Waals surface area contributed by atoms with E-state index in [9.17, 15) is 18.7 Å². The van der Waals surface area contributed by atoms with Gasteiger partial charge in [0.1, 0.15) is 29.9 Å². The van der Waals surface area contributed by atoms with Crippen molar-refractivity contribution in [2.24, 2.45) is 0 Å². The normalized spacial score (nSPS) is 16.3. The molecule has 0 radical (unpaired) electrons. The fourth-order valence-corrected chi connectivity index (χ4v) is 4.59. The zero-order valence-electron chi connectivity index (χ0n) is 20.8. The van der Waals surface area contributed by atoms with Crippen LogP contribution in [0.4, 0.5) is 8.78 Å². The van der Waals surface area contributed by atoms with Gasteiger partial charge in [0.05, 0.1) is 24.8 Å². The topological polar surface area (TPSA) is 89.1 Å². The predicted molar refractivity (Wildman–Crippen MR) is 135 cm³/mol. The van der Waals surface area contributed by atoms with Gasteiger partial charge >= 0.3 is 0 Å². The molecule has 4 aromatic rings. The van der Waals surface area contributed by atoms with Crippen molar-refractivity contribution in [3.63, 3.8) is 0 Å². The van der Waals surface area contributed by atoms with Gasteiger partial charge in [0.15, 0.2) is 0 Å². The van der Waals surface area contributed by atoms with Crippen LogP contribution in [0.5, 0.6) is 0 Å². The minimum absolute atomic E-state index is 0.0415. The molecule has 1 aliphatic rings. The molecule has 0 spiro atoms. The van der Waals surface area contributed by atoms with E-state index in [4.69, 9.17) is 0 Å². The summed E-state index contributed by atoms with van der Waals surface area (Å²) in [6.07, 6.45) is 7.88. The van der Waals surface area contributed by atoms with Gasteiger partial charge in [-0.3, -0.25) is 9.48 Å². The van der Waals surface area contributed by atoms with E-state index in [0.717, 1.165) is 37.1 Å². The summed E-state index contributed by atoms with van der Waals surface area (Å²) in [5, 5.41) is 19.7. The second-order valence-electron chi connectivity index (χ2n) is 9.35. The summed E-state index contributed by atoms with van der Waals surface area (Å²) in [5.41, 5.74) is 0.0785. The maximum absolute atomic E-state index is 14.7. The molecule has 1 saturated heterocycles. The summed E-state index contributed by atoms with van der Waals surface area (Å²) in [6.45, 7) is 2.62. The van der Waals surface area contributed by atoms with Crippen molar-refractivity contribution in [1.29, 1.82) is 0 Å². The Balaban J connectivity index is 1.31. The zero-order chi connectivity index (χ0) is 26.7. The molecule has 1 aliphatic heterocycles. The van der Waals surface area contributed by atoms with Crippen molar-refractivity contribution >= 4 is 5.91 Å². The van der Waals surface area contributed by atoms with Crippen molar-refractivity contribution in [3.8, 4) is 11.8 Å². The van der Waals surface area contributed by atoms with Crippen LogP contribution in [0.25, 0.3) is 0 Å². The maximum Gasteiger partial charge on any atom is 0.254 e.